The summed E-state index contributed by atoms with van der Waals surface area (Å²) < 4.78 is 0. The maximum atomic E-state index is 6.31. The summed E-state index contributed by atoms with van der Waals surface area (Å²) in [4.78, 5) is 0. The fourth-order valence-corrected chi connectivity index (χ4v) is 3.90. The Hall–Kier alpha value is -0.530. The van der Waals surface area contributed by atoms with Crippen LogP contribution in [-0.4, -0.2) is 6.04 Å². The maximum absolute atomic E-state index is 6.31. The van der Waals surface area contributed by atoms with Crippen molar-refractivity contribution in [2.75, 3.05) is 0 Å². The Bertz CT molecular complexity index is 449. The summed E-state index contributed by atoms with van der Waals surface area (Å²) in [6.07, 6.45) is 6.64. The summed E-state index contributed by atoms with van der Waals surface area (Å²) in [5, 5.41) is 4.68. The van der Waals surface area contributed by atoms with Gasteiger partial charge in [-0.15, -0.1) is 0 Å². The van der Waals surface area contributed by atoms with Crippen LogP contribution in [0.1, 0.15) is 71.4 Å². The van der Waals surface area contributed by atoms with Gasteiger partial charge >= 0.3 is 0 Å². The first-order chi connectivity index (χ1) is 9.88. The second kappa shape index (κ2) is 7.15. The zero-order chi connectivity index (χ0) is 15.5. The van der Waals surface area contributed by atoms with Gasteiger partial charge in [0.15, 0.2) is 0 Å². The minimum atomic E-state index is 0.329. The number of benzene rings is 1. The van der Waals surface area contributed by atoms with Crippen molar-refractivity contribution in [3.8, 4) is 0 Å². The molecule has 2 unspecified atom stereocenters. The van der Waals surface area contributed by atoms with E-state index in [1.807, 2.05) is 12.1 Å². The van der Waals surface area contributed by atoms with Crippen LogP contribution in [0.2, 0.25) is 5.02 Å². The van der Waals surface area contributed by atoms with Crippen molar-refractivity contribution in [3.05, 3.63) is 34.9 Å². The average Bonchev–Trinajstić information content (AvgIpc) is 2.64. The molecule has 0 bridgehead atoms. The van der Waals surface area contributed by atoms with Crippen LogP contribution in [0.3, 0.4) is 0 Å². The molecule has 1 aromatic rings. The lowest BCUT2D eigenvalue weighted by Gasteiger charge is -2.30. The SMILES string of the molecule is C[C@H](NC1CCCC(C(C)(C)C)CC1)c1ccccc1Cl. The smallest absolute Gasteiger partial charge is 0.0453 e. The predicted molar refractivity (Wildman–Crippen MR) is 92.8 cm³/mol. The van der Waals surface area contributed by atoms with Crippen molar-refractivity contribution in [1.29, 1.82) is 0 Å². The zero-order valence-electron chi connectivity index (χ0n) is 14.0. The molecule has 0 saturated heterocycles. The highest BCUT2D eigenvalue weighted by Crippen LogP contribution is 2.37. The maximum Gasteiger partial charge on any atom is 0.0453 e. The van der Waals surface area contributed by atoms with E-state index in [4.69, 9.17) is 11.6 Å². The van der Waals surface area contributed by atoms with E-state index in [1.54, 1.807) is 0 Å². The van der Waals surface area contributed by atoms with Gasteiger partial charge in [-0.3, -0.25) is 0 Å². The predicted octanol–water partition coefficient (Wildman–Crippen LogP) is 5.99. The van der Waals surface area contributed by atoms with Gasteiger partial charge < -0.3 is 5.32 Å². The van der Waals surface area contributed by atoms with Crippen LogP contribution in [0.5, 0.6) is 0 Å². The Balaban J connectivity index is 1.93. The molecule has 1 fully saturated rings. The molecule has 1 N–H and O–H groups in total. The van der Waals surface area contributed by atoms with Crippen molar-refractivity contribution >= 4 is 11.6 Å². The molecule has 1 aliphatic rings. The van der Waals surface area contributed by atoms with E-state index in [0.717, 1.165) is 10.9 Å². The quantitative estimate of drug-likeness (QED) is 0.677. The molecule has 2 rings (SSSR count). The Kier molecular flexibility index (Phi) is 5.73. The van der Waals surface area contributed by atoms with Gasteiger partial charge in [-0.1, -0.05) is 57.0 Å². The molecule has 1 aromatic carbocycles. The molecular weight excluding hydrogens is 278 g/mol. The molecule has 21 heavy (non-hydrogen) atoms. The Morgan fingerprint density at radius 1 is 1.10 bits per heavy atom. The fraction of sp³-hybridized carbons (Fsp3) is 0.684. The van der Waals surface area contributed by atoms with Crippen LogP contribution in [-0.2, 0) is 0 Å². The van der Waals surface area contributed by atoms with Gasteiger partial charge in [0.05, 0.1) is 0 Å². The van der Waals surface area contributed by atoms with E-state index in [2.05, 4.69) is 45.1 Å². The zero-order valence-corrected chi connectivity index (χ0v) is 14.7. The van der Waals surface area contributed by atoms with Gasteiger partial charge in [0.1, 0.15) is 0 Å². The van der Waals surface area contributed by atoms with E-state index < -0.39 is 0 Å². The van der Waals surface area contributed by atoms with Crippen molar-refractivity contribution in [1.82, 2.24) is 5.32 Å². The molecule has 1 saturated carbocycles. The van der Waals surface area contributed by atoms with Crippen LogP contribution in [0, 0.1) is 11.3 Å². The number of hydrogen-bond acceptors (Lipinski definition) is 1. The first kappa shape index (κ1) is 16.8. The topological polar surface area (TPSA) is 12.0 Å². The van der Waals surface area contributed by atoms with Crippen molar-refractivity contribution < 1.29 is 0 Å². The van der Waals surface area contributed by atoms with Gasteiger partial charge in [0.2, 0.25) is 0 Å². The molecule has 118 valence electrons. The minimum Gasteiger partial charge on any atom is -0.307 e. The lowest BCUT2D eigenvalue weighted by atomic mass is 9.76. The van der Waals surface area contributed by atoms with E-state index in [0.29, 0.717) is 17.5 Å². The highest BCUT2D eigenvalue weighted by Gasteiger charge is 2.28. The molecule has 0 spiro atoms. The lowest BCUT2D eigenvalue weighted by molar-refractivity contribution is 0.213. The van der Waals surface area contributed by atoms with Gasteiger partial charge in [-0.25, -0.2) is 0 Å². The average molecular weight is 308 g/mol. The number of nitrogens with one attached hydrogen (secondary N) is 1. The second-order valence-corrected chi connectivity index (χ2v) is 8.09. The third-order valence-corrected chi connectivity index (χ3v) is 5.40. The summed E-state index contributed by atoms with van der Waals surface area (Å²) >= 11 is 6.31. The van der Waals surface area contributed by atoms with Crippen LogP contribution < -0.4 is 5.32 Å². The molecule has 0 amide bonds. The van der Waals surface area contributed by atoms with Crippen LogP contribution in [0.25, 0.3) is 0 Å². The molecule has 0 aromatic heterocycles. The standard InChI is InChI=1S/C19H30ClN/c1-14(17-10-5-6-11-18(17)20)21-16-9-7-8-15(12-13-16)19(2,3)4/h5-6,10-11,14-16,21H,7-9,12-13H2,1-4H3/t14-,15?,16?/m0/s1. The molecule has 1 aliphatic carbocycles. The molecule has 0 aliphatic heterocycles. The van der Waals surface area contributed by atoms with E-state index >= 15 is 0 Å². The first-order valence-electron chi connectivity index (χ1n) is 8.38. The highest BCUT2D eigenvalue weighted by atomic mass is 35.5. The summed E-state index contributed by atoms with van der Waals surface area (Å²) in [6, 6.07) is 9.14. The normalized spacial score (nSPS) is 25.4. The van der Waals surface area contributed by atoms with Crippen LogP contribution in [0.15, 0.2) is 24.3 Å². The molecule has 2 heteroatoms. The highest BCUT2D eigenvalue weighted by molar-refractivity contribution is 6.31. The number of halogens is 1. The summed E-state index contributed by atoms with van der Waals surface area (Å²) in [5.74, 6) is 0.861. The van der Waals surface area contributed by atoms with E-state index in [1.165, 1.54) is 37.7 Å². The first-order valence-corrected chi connectivity index (χ1v) is 8.76. The Morgan fingerprint density at radius 2 is 1.81 bits per heavy atom. The van der Waals surface area contributed by atoms with Crippen molar-refractivity contribution in [2.45, 2.75) is 71.9 Å². The summed E-state index contributed by atoms with van der Waals surface area (Å²) in [7, 11) is 0. The van der Waals surface area contributed by atoms with Crippen molar-refractivity contribution in [2.24, 2.45) is 11.3 Å². The van der Waals surface area contributed by atoms with Crippen LogP contribution in [0.4, 0.5) is 0 Å². The Morgan fingerprint density at radius 3 is 2.48 bits per heavy atom. The molecular formula is C19H30ClN. The molecule has 0 heterocycles. The number of rotatable bonds is 3. The third-order valence-electron chi connectivity index (χ3n) is 5.05. The van der Waals surface area contributed by atoms with E-state index in [-0.39, 0.29) is 0 Å². The number of hydrogen-bond donors (Lipinski definition) is 1. The monoisotopic (exact) mass is 307 g/mol. The Labute approximate surface area is 135 Å². The van der Waals surface area contributed by atoms with Crippen molar-refractivity contribution in [3.63, 3.8) is 0 Å². The molecule has 0 radical (unpaired) electrons. The van der Waals surface area contributed by atoms with E-state index in [9.17, 15) is 0 Å². The van der Waals surface area contributed by atoms with Gasteiger partial charge in [-0.05, 0) is 55.6 Å². The van der Waals surface area contributed by atoms with Gasteiger partial charge in [0, 0.05) is 17.1 Å². The molecule has 3 atom stereocenters. The fourth-order valence-electron chi connectivity index (χ4n) is 3.60. The van der Waals surface area contributed by atoms with Gasteiger partial charge in [0.25, 0.3) is 0 Å². The summed E-state index contributed by atoms with van der Waals surface area (Å²) in [5.41, 5.74) is 1.67. The second-order valence-electron chi connectivity index (χ2n) is 7.68. The van der Waals surface area contributed by atoms with Gasteiger partial charge in [-0.2, -0.15) is 0 Å². The minimum absolute atomic E-state index is 0.329. The third kappa shape index (κ3) is 4.72. The summed E-state index contributed by atoms with van der Waals surface area (Å²) in [6.45, 7) is 9.39. The largest absolute Gasteiger partial charge is 0.307 e. The lowest BCUT2D eigenvalue weighted by Crippen LogP contribution is -2.31. The molecule has 1 nitrogen and oxygen atoms in total. The van der Waals surface area contributed by atoms with Crippen LogP contribution >= 0.6 is 11.6 Å².